The van der Waals surface area contributed by atoms with Crippen molar-refractivity contribution >= 4 is 57.2 Å². The molecule has 3 heterocycles. The number of thioether (sulfide) groups is 1. The standard InChI is InChI=1S/C28H24N6O4S/c35-25(30-26-18-33(31-38-26)32-13-15-37-16-14-32)19-39-28-29-24(27(36)34(28)22-10-2-1-3-11-22)17-21-9-6-8-20-7-4-5-12-23(20)21/h1-12,17-18H,13-16,19H2/b24-17+. The van der Waals surface area contributed by atoms with Gasteiger partial charge >= 0.3 is 5.88 Å². The maximum Gasteiger partial charge on any atom is 0.324 e. The summed E-state index contributed by atoms with van der Waals surface area (Å²) in [6, 6.07) is 23.2. The van der Waals surface area contributed by atoms with Gasteiger partial charge in [-0.1, -0.05) is 72.4 Å². The number of benzene rings is 3. The number of anilines is 1. The first-order valence-electron chi connectivity index (χ1n) is 12.4. The Labute approximate surface area is 228 Å². The van der Waals surface area contributed by atoms with Crippen molar-refractivity contribution < 1.29 is 24.0 Å². The normalized spacial score (nSPS) is 17.3. The number of amidine groups is 1. The van der Waals surface area contributed by atoms with E-state index in [9.17, 15) is 9.90 Å². The number of morpholine rings is 1. The predicted octanol–water partition coefficient (Wildman–Crippen LogP) is 2.65. The van der Waals surface area contributed by atoms with E-state index in [0.29, 0.717) is 42.9 Å². The third-order valence-electron chi connectivity index (χ3n) is 6.24. The summed E-state index contributed by atoms with van der Waals surface area (Å²) in [4.78, 5) is 25.3. The summed E-state index contributed by atoms with van der Waals surface area (Å²) in [5.41, 5.74) is 1.86. The van der Waals surface area contributed by atoms with Gasteiger partial charge in [-0.05, 0) is 40.4 Å². The molecule has 4 aromatic rings. The fourth-order valence-corrected chi connectivity index (χ4v) is 5.17. The van der Waals surface area contributed by atoms with Gasteiger partial charge in [-0.2, -0.15) is 0 Å². The van der Waals surface area contributed by atoms with Crippen molar-refractivity contribution in [3.8, 4) is 0 Å². The first-order chi connectivity index (χ1) is 19.2. The summed E-state index contributed by atoms with van der Waals surface area (Å²) >= 11 is 1.15. The minimum atomic E-state index is -0.431. The lowest BCUT2D eigenvalue weighted by molar-refractivity contribution is -0.759. The number of hydrogen-bond donors (Lipinski definition) is 0. The first-order valence-corrected chi connectivity index (χ1v) is 13.4. The number of ether oxygens (including phenoxy) is 1. The van der Waals surface area contributed by atoms with Gasteiger partial charge in [-0.3, -0.25) is 14.2 Å². The van der Waals surface area contributed by atoms with Crippen LogP contribution in [-0.4, -0.2) is 54.3 Å². The smallest absolute Gasteiger partial charge is 0.324 e. The Hall–Kier alpha value is -4.48. The Balaban J connectivity index is 1.25. The number of aromatic nitrogens is 2. The van der Waals surface area contributed by atoms with E-state index in [1.165, 1.54) is 9.69 Å². The predicted molar refractivity (Wildman–Crippen MR) is 148 cm³/mol. The summed E-state index contributed by atoms with van der Waals surface area (Å²) in [5.74, 6) is -0.620. The average Bonchev–Trinajstić information content (AvgIpc) is 3.57. The molecule has 39 heavy (non-hydrogen) atoms. The van der Waals surface area contributed by atoms with E-state index in [1.807, 2.05) is 77.8 Å². The van der Waals surface area contributed by atoms with Gasteiger partial charge in [0, 0.05) is 5.75 Å². The van der Waals surface area contributed by atoms with E-state index in [0.717, 1.165) is 28.1 Å². The van der Waals surface area contributed by atoms with E-state index >= 15 is 0 Å². The zero-order valence-electron chi connectivity index (χ0n) is 20.8. The molecule has 6 rings (SSSR count). The van der Waals surface area contributed by atoms with Gasteiger partial charge in [-0.15, -0.1) is 5.01 Å². The molecule has 1 aromatic heterocycles. The monoisotopic (exact) mass is 540 g/mol. The summed E-state index contributed by atoms with van der Waals surface area (Å²) < 4.78 is 10.6. The minimum absolute atomic E-state index is 0.0325. The maximum absolute atomic E-state index is 13.5. The zero-order valence-corrected chi connectivity index (χ0v) is 21.7. The molecule has 196 valence electrons. The minimum Gasteiger partial charge on any atom is -0.861 e. The number of nitrogens with zero attached hydrogens (tertiary/aromatic N) is 6. The molecular formula is C28H24N6O4S. The SMILES string of the molecule is O=C1/C(=C\c2cccc3ccccc23)N=C(SC/C([O-])=N/c2c[n+](N3CCOCC3)no2)N1c1ccccc1. The van der Waals surface area contributed by atoms with Crippen molar-refractivity contribution in [3.63, 3.8) is 0 Å². The molecule has 0 unspecified atom stereocenters. The van der Waals surface area contributed by atoms with Crippen LogP contribution < -0.4 is 19.8 Å². The number of carbonyl (C=O) groups is 1. The molecule has 1 fully saturated rings. The molecule has 2 aliphatic rings. The Morgan fingerprint density at radius 1 is 1.05 bits per heavy atom. The van der Waals surface area contributed by atoms with Crippen molar-refractivity contribution in [3.05, 3.63) is 90.3 Å². The van der Waals surface area contributed by atoms with Crippen LogP contribution >= 0.6 is 11.8 Å². The van der Waals surface area contributed by atoms with Crippen LogP contribution in [0.5, 0.6) is 0 Å². The van der Waals surface area contributed by atoms with Gasteiger partial charge in [-0.25, -0.2) is 9.98 Å². The van der Waals surface area contributed by atoms with Crippen molar-refractivity contribution in [1.29, 1.82) is 0 Å². The van der Waals surface area contributed by atoms with Crippen molar-refractivity contribution in [2.24, 2.45) is 9.98 Å². The number of hydrogen-bond acceptors (Lipinski definition) is 9. The number of rotatable bonds is 6. The molecule has 10 nitrogen and oxygen atoms in total. The number of para-hydroxylation sites is 1. The average molecular weight is 541 g/mol. The van der Waals surface area contributed by atoms with Gasteiger partial charge in [0.05, 0.1) is 36.8 Å². The highest BCUT2D eigenvalue weighted by Crippen LogP contribution is 2.30. The lowest BCUT2D eigenvalue weighted by atomic mass is 10.0. The molecule has 0 N–H and O–H groups in total. The van der Waals surface area contributed by atoms with E-state index < -0.39 is 5.90 Å². The number of amides is 1. The summed E-state index contributed by atoms with van der Waals surface area (Å²) in [6.45, 7) is 2.52. The molecule has 0 spiro atoms. The first kappa shape index (κ1) is 24.8. The van der Waals surface area contributed by atoms with E-state index in [4.69, 9.17) is 9.26 Å². The summed E-state index contributed by atoms with van der Waals surface area (Å²) in [6.07, 6.45) is 3.35. The second kappa shape index (κ2) is 11.1. The van der Waals surface area contributed by atoms with Crippen molar-refractivity contribution in [1.82, 2.24) is 5.27 Å². The van der Waals surface area contributed by atoms with Crippen molar-refractivity contribution in [2.45, 2.75) is 0 Å². The van der Waals surface area contributed by atoms with E-state index in [1.54, 1.807) is 12.3 Å². The zero-order chi connectivity index (χ0) is 26.6. The van der Waals surface area contributed by atoms with Gasteiger partial charge in [0.1, 0.15) is 5.70 Å². The van der Waals surface area contributed by atoms with Crippen LogP contribution in [0, 0.1) is 0 Å². The third kappa shape index (κ3) is 5.40. The Morgan fingerprint density at radius 2 is 1.82 bits per heavy atom. The molecule has 0 bridgehead atoms. The number of aliphatic imine (C=N–C) groups is 2. The van der Waals surface area contributed by atoms with Crippen molar-refractivity contribution in [2.75, 3.05) is 42.0 Å². The number of carbonyl (C=O) groups excluding carboxylic acids is 1. The molecule has 1 amide bonds. The van der Waals surface area contributed by atoms with Gasteiger partial charge in [0.15, 0.2) is 5.17 Å². The summed E-state index contributed by atoms with van der Waals surface area (Å²) in [5, 5.41) is 21.1. The molecule has 11 heteroatoms. The van der Waals surface area contributed by atoms with Crippen LogP contribution in [0.2, 0.25) is 0 Å². The second-order valence-corrected chi connectivity index (χ2v) is 9.73. The molecule has 3 aromatic carbocycles. The van der Waals surface area contributed by atoms with Crippen LogP contribution in [0.15, 0.2) is 99.2 Å². The molecule has 0 aliphatic carbocycles. The topological polar surface area (TPSA) is 110 Å². The Morgan fingerprint density at radius 3 is 2.67 bits per heavy atom. The molecular weight excluding hydrogens is 516 g/mol. The lowest BCUT2D eigenvalue weighted by Crippen LogP contribution is -2.62. The van der Waals surface area contributed by atoms with Crippen LogP contribution in [0.3, 0.4) is 0 Å². The highest BCUT2D eigenvalue weighted by atomic mass is 32.2. The summed E-state index contributed by atoms with van der Waals surface area (Å²) in [7, 11) is 0. The van der Waals surface area contributed by atoms with Crippen LogP contribution in [0.4, 0.5) is 11.6 Å². The van der Waals surface area contributed by atoms with Crippen LogP contribution in [0.1, 0.15) is 5.56 Å². The van der Waals surface area contributed by atoms with Crippen LogP contribution in [0.25, 0.3) is 16.8 Å². The second-order valence-electron chi connectivity index (χ2n) is 8.79. The fourth-order valence-electron chi connectivity index (χ4n) is 4.37. The molecule has 0 atom stereocenters. The molecule has 0 radical (unpaired) electrons. The number of fused-ring (bicyclic) bond motifs is 1. The van der Waals surface area contributed by atoms with E-state index in [-0.39, 0.29) is 17.5 Å². The largest absolute Gasteiger partial charge is 0.861 e. The quantitative estimate of drug-likeness (QED) is 0.160. The van der Waals surface area contributed by atoms with Gasteiger partial charge < -0.3 is 9.84 Å². The highest BCUT2D eigenvalue weighted by molar-refractivity contribution is 8.14. The maximum atomic E-state index is 13.5. The lowest BCUT2D eigenvalue weighted by Gasteiger charge is -2.18. The Bertz CT molecular complexity index is 1590. The molecule has 0 saturated carbocycles. The fraction of sp³-hybridized carbons (Fsp3) is 0.179. The van der Waals surface area contributed by atoms with Gasteiger partial charge in [0.25, 0.3) is 12.1 Å². The highest BCUT2D eigenvalue weighted by Gasteiger charge is 2.32. The van der Waals surface area contributed by atoms with Crippen LogP contribution in [-0.2, 0) is 9.53 Å². The molecule has 1 saturated heterocycles. The van der Waals surface area contributed by atoms with E-state index in [2.05, 4.69) is 15.3 Å². The Kier molecular flexibility index (Phi) is 7.07. The van der Waals surface area contributed by atoms with Gasteiger partial charge in [0.2, 0.25) is 5.27 Å². The molecule has 2 aliphatic heterocycles. The third-order valence-corrected chi connectivity index (χ3v) is 7.16.